The van der Waals surface area contributed by atoms with Gasteiger partial charge in [0.15, 0.2) is 17.5 Å². The number of aromatic nitrogens is 1. The second-order valence-electron chi connectivity index (χ2n) is 3.60. The van der Waals surface area contributed by atoms with Gasteiger partial charge in [0, 0.05) is 6.07 Å². The first kappa shape index (κ1) is 13.2. The molecule has 0 aliphatic carbocycles. The molecule has 0 bridgehead atoms. The Morgan fingerprint density at radius 3 is 2.89 bits per heavy atom. The Hall–Kier alpha value is -2.19. The molecule has 0 fully saturated rings. The number of hydrogen-bond donors (Lipinski definition) is 3. The zero-order chi connectivity index (χ0) is 13.8. The van der Waals surface area contributed by atoms with Crippen molar-refractivity contribution in [2.75, 3.05) is 6.61 Å². The Balaban J connectivity index is 2.10. The van der Waals surface area contributed by atoms with Crippen molar-refractivity contribution in [3.8, 4) is 10.6 Å². The standard InChI is InChI=1S/C11H10N2O5S/c14-5-7(11(16)17)12-10(15)6-4-8(18-13-6)9-2-1-3-19-9/h1-4,7,14H,5H2,(H,12,15)(H,16,17). The zero-order valence-electron chi connectivity index (χ0n) is 9.57. The number of carboxylic acids is 1. The Kier molecular flexibility index (Phi) is 3.93. The molecule has 0 aliphatic rings. The Morgan fingerprint density at radius 2 is 2.32 bits per heavy atom. The van der Waals surface area contributed by atoms with Crippen molar-refractivity contribution in [3.05, 3.63) is 29.3 Å². The van der Waals surface area contributed by atoms with Gasteiger partial charge in [-0.05, 0) is 11.4 Å². The van der Waals surface area contributed by atoms with Gasteiger partial charge in [-0.15, -0.1) is 11.3 Å². The van der Waals surface area contributed by atoms with Crippen LogP contribution in [0, 0.1) is 0 Å². The molecular weight excluding hydrogens is 272 g/mol. The largest absolute Gasteiger partial charge is 0.480 e. The summed E-state index contributed by atoms with van der Waals surface area (Å²) in [6, 6.07) is 3.68. The van der Waals surface area contributed by atoms with Crippen LogP contribution in [0.25, 0.3) is 10.6 Å². The van der Waals surface area contributed by atoms with E-state index < -0.39 is 24.5 Å². The number of hydrogen-bond acceptors (Lipinski definition) is 6. The number of rotatable bonds is 5. The molecule has 2 aromatic rings. The SMILES string of the molecule is O=C(NC(CO)C(=O)O)c1cc(-c2cccs2)on1. The van der Waals surface area contributed by atoms with Gasteiger partial charge in [0.1, 0.15) is 0 Å². The summed E-state index contributed by atoms with van der Waals surface area (Å²) >= 11 is 1.42. The molecule has 0 aromatic carbocycles. The molecule has 3 N–H and O–H groups in total. The first-order chi connectivity index (χ1) is 9.11. The minimum atomic E-state index is -1.37. The average Bonchev–Trinajstić information content (AvgIpc) is 3.04. The number of aliphatic carboxylic acids is 1. The summed E-state index contributed by atoms with van der Waals surface area (Å²) < 4.78 is 5.00. The fourth-order valence-electron chi connectivity index (χ4n) is 1.33. The number of carboxylic acid groups (broad SMARTS) is 1. The van der Waals surface area contributed by atoms with E-state index in [1.165, 1.54) is 17.4 Å². The van der Waals surface area contributed by atoms with Gasteiger partial charge in [0.25, 0.3) is 5.91 Å². The third-order valence-electron chi connectivity index (χ3n) is 2.29. The minimum Gasteiger partial charge on any atom is -0.480 e. The number of thiophene rings is 1. The van der Waals surface area contributed by atoms with Gasteiger partial charge in [0.2, 0.25) is 0 Å². The van der Waals surface area contributed by atoms with E-state index in [4.69, 9.17) is 14.7 Å². The van der Waals surface area contributed by atoms with Crippen LogP contribution < -0.4 is 5.32 Å². The fourth-order valence-corrected chi connectivity index (χ4v) is 2.01. The topological polar surface area (TPSA) is 113 Å². The summed E-state index contributed by atoms with van der Waals surface area (Å²) in [5, 5.41) is 25.1. The van der Waals surface area contributed by atoms with Gasteiger partial charge in [-0.1, -0.05) is 11.2 Å². The lowest BCUT2D eigenvalue weighted by molar-refractivity contribution is -0.140. The third-order valence-corrected chi connectivity index (χ3v) is 3.18. The van der Waals surface area contributed by atoms with Crippen molar-refractivity contribution in [1.29, 1.82) is 0 Å². The molecule has 7 nitrogen and oxygen atoms in total. The molecule has 2 aromatic heterocycles. The van der Waals surface area contributed by atoms with Gasteiger partial charge >= 0.3 is 5.97 Å². The first-order valence-corrected chi connectivity index (χ1v) is 6.15. The molecule has 0 spiro atoms. The Morgan fingerprint density at radius 1 is 1.53 bits per heavy atom. The highest BCUT2D eigenvalue weighted by molar-refractivity contribution is 7.13. The smallest absolute Gasteiger partial charge is 0.328 e. The van der Waals surface area contributed by atoms with E-state index in [-0.39, 0.29) is 5.69 Å². The lowest BCUT2D eigenvalue weighted by Crippen LogP contribution is -2.43. The lowest BCUT2D eigenvalue weighted by Gasteiger charge is -2.09. The number of nitrogens with zero attached hydrogens (tertiary/aromatic N) is 1. The van der Waals surface area contributed by atoms with Gasteiger partial charge in [-0.2, -0.15) is 0 Å². The summed E-state index contributed by atoms with van der Waals surface area (Å²) in [5.74, 6) is -1.61. The van der Waals surface area contributed by atoms with Crippen LogP contribution in [-0.2, 0) is 4.79 Å². The highest BCUT2D eigenvalue weighted by atomic mass is 32.1. The highest BCUT2D eigenvalue weighted by Gasteiger charge is 2.22. The number of carbonyl (C=O) groups excluding carboxylic acids is 1. The van der Waals surface area contributed by atoms with Crippen LogP contribution >= 0.6 is 11.3 Å². The normalized spacial score (nSPS) is 12.1. The highest BCUT2D eigenvalue weighted by Crippen LogP contribution is 2.24. The molecule has 0 saturated carbocycles. The van der Waals surface area contributed by atoms with Gasteiger partial charge < -0.3 is 20.1 Å². The molecule has 2 heterocycles. The monoisotopic (exact) mass is 282 g/mol. The molecule has 2 rings (SSSR count). The van der Waals surface area contributed by atoms with Crippen LogP contribution in [0.4, 0.5) is 0 Å². The molecule has 1 atom stereocenters. The van der Waals surface area contributed by atoms with E-state index in [1.807, 2.05) is 11.4 Å². The van der Waals surface area contributed by atoms with Gasteiger partial charge in [0.05, 0.1) is 11.5 Å². The molecule has 0 saturated heterocycles. The van der Waals surface area contributed by atoms with Gasteiger partial charge in [-0.25, -0.2) is 4.79 Å². The summed E-state index contributed by atoms with van der Waals surface area (Å²) in [6.45, 7) is -0.698. The Bertz CT molecular complexity index is 578. The summed E-state index contributed by atoms with van der Waals surface area (Å²) in [7, 11) is 0. The number of amides is 1. The van der Waals surface area contributed by atoms with Crippen LogP contribution in [0.5, 0.6) is 0 Å². The van der Waals surface area contributed by atoms with E-state index in [9.17, 15) is 9.59 Å². The van der Waals surface area contributed by atoms with Crippen molar-refractivity contribution in [1.82, 2.24) is 10.5 Å². The number of aliphatic hydroxyl groups is 1. The molecular formula is C11H10N2O5S. The third kappa shape index (κ3) is 2.98. The van der Waals surface area contributed by atoms with Gasteiger partial charge in [-0.3, -0.25) is 4.79 Å². The number of aliphatic hydroxyl groups excluding tert-OH is 1. The molecule has 100 valence electrons. The molecule has 0 aliphatic heterocycles. The van der Waals surface area contributed by atoms with Crippen LogP contribution in [-0.4, -0.2) is 39.9 Å². The summed E-state index contributed by atoms with van der Waals surface area (Å²) in [6.07, 6.45) is 0. The lowest BCUT2D eigenvalue weighted by atomic mass is 10.2. The number of carbonyl (C=O) groups is 2. The van der Waals surface area contributed by atoms with Crippen molar-refractivity contribution in [2.45, 2.75) is 6.04 Å². The molecule has 19 heavy (non-hydrogen) atoms. The van der Waals surface area contributed by atoms with Crippen molar-refractivity contribution in [2.24, 2.45) is 0 Å². The van der Waals surface area contributed by atoms with E-state index >= 15 is 0 Å². The van der Waals surface area contributed by atoms with Crippen molar-refractivity contribution >= 4 is 23.2 Å². The second-order valence-corrected chi connectivity index (χ2v) is 4.55. The maximum Gasteiger partial charge on any atom is 0.328 e. The molecule has 8 heteroatoms. The maximum absolute atomic E-state index is 11.7. The predicted molar refractivity (Wildman–Crippen MR) is 65.8 cm³/mol. The van der Waals surface area contributed by atoms with E-state index in [0.717, 1.165) is 4.88 Å². The average molecular weight is 282 g/mol. The fraction of sp³-hybridized carbons (Fsp3) is 0.182. The summed E-state index contributed by atoms with van der Waals surface area (Å²) in [5.41, 5.74) is -0.0388. The van der Waals surface area contributed by atoms with Crippen LogP contribution in [0.3, 0.4) is 0 Å². The Labute approximate surface area is 111 Å². The van der Waals surface area contributed by atoms with E-state index in [0.29, 0.717) is 5.76 Å². The summed E-state index contributed by atoms with van der Waals surface area (Å²) in [4.78, 5) is 23.2. The second kappa shape index (κ2) is 5.63. The van der Waals surface area contributed by atoms with Crippen molar-refractivity contribution in [3.63, 3.8) is 0 Å². The minimum absolute atomic E-state index is 0.0388. The molecule has 0 radical (unpaired) electrons. The zero-order valence-corrected chi connectivity index (χ0v) is 10.4. The molecule has 1 unspecified atom stereocenters. The van der Waals surface area contributed by atoms with E-state index in [1.54, 1.807) is 6.07 Å². The van der Waals surface area contributed by atoms with E-state index in [2.05, 4.69) is 10.5 Å². The predicted octanol–water partition coefficient (Wildman–Crippen LogP) is 0.578. The quantitative estimate of drug-likeness (QED) is 0.739. The van der Waals surface area contributed by atoms with Crippen LogP contribution in [0.2, 0.25) is 0 Å². The van der Waals surface area contributed by atoms with Crippen LogP contribution in [0.1, 0.15) is 10.5 Å². The number of nitrogens with one attached hydrogen (secondary N) is 1. The van der Waals surface area contributed by atoms with Crippen LogP contribution in [0.15, 0.2) is 28.1 Å². The first-order valence-electron chi connectivity index (χ1n) is 5.27. The maximum atomic E-state index is 11.7. The van der Waals surface area contributed by atoms with Crippen molar-refractivity contribution < 1.29 is 24.3 Å². The molecule has 1 amide bonds.